The minimum Gasteiger partial charge on any atom is -0.452 e. The topological polar surface area (TPSA) is 99.4 Å². The Labute approximate surface area is 154 Å². The number of ether oxygens (including phenoxy) is 1. The number of nitrogens with zero attached hydrogens (tertiary/aromatic N) is 2. The molecular weight excluding hydrogens is 380 g/mol. The minimum atomic E-state index is -3.48. The Morgan fingerprint density at radius 3 is 2.58 bits per heavy atom. The van der Waals surface area contributed by atoms with Gasteiger partial charge < -0.3 is 9.15 Å². The van der Waals surface area contributed by atoms with Gasteiger partial charge >= 0.3 is 5.97 Å². The number of carbonyl (C=O) groups is 1. The highest BCUT2D eigenvalue weighted by Crippen LogP contribution is 2.22. The second-order valence-electron chi connectivity index (χ2n) is 5.36. The highest BCUT2D eigenvalue weighted by molar-refractivity contribution is 7.90. The van der Waals surface area contributed by atoms with Gasteiger partial charge in [0.15, 0.2) is 16.4 Å². The third-order valence-corrected chi connectivity index (χ3v) is 4.84. The molecule has 0 aliphatic heterocycles. The van der Waals surface area contributed by atoms with Crippen LogP contribution in [0.3, 0.4) is 0 Å². The fourth-order valence-electron chi connectivity index (χ4n) is 2.11. The first-order valence-corrected chi connectivity index (χ1v) is 9.66. The fraction of sp³-hybridized carbons (Fsp3) is 0.118. The molecule has 0 atom stereocenters. The minimum absolute atomic E-state index is 0.0296. The van der Waals surface area contributed by atoms with Gasteiger partial charge in [-0.25, -0.2) is 13.2 Å². The molecule has 0 saturated carbocycles. The molecule has 9 heteroatoms. The molecule has 0 spiro atoms. The second-order valence-corrected chi connectivity index (χ2v) is 7.78. The Hall–Kier alpha value is -2.71. The van der Waals surface area contributed by atoms with Crippen LogP contribution >= 0.6 is 11.6 Å². The molecule has 1 aromatic heterocycles. The Morgan fingerprint density at radius 1 is 1.15 bits per heavy atom. The van der Waals surface area contributed by atoms with E-state index in [9.17, 15) is 13.2 Å². The van der Waals surface area contributed by atoms with E-state index in [4.69, 9.17) is 20.8 Å². The number of hydrogen-bond acceptors (Lipinski definition) is 7. The molecule has 3 rings (SSSR count). The van der Waals surface area contributed by atoms with Gasteiger partial charge in [-0.2, -0.15) is 0 Å². The molecular formula is C17H13ClN2O5S. The van der Waals surface area contributed by atoms with Crippen molar-refractivity contribution in [1.29, 1.82) is 0 Å². The van der Waals surface area contributed by atoms with Crippen LogP contribution < -0.4 is 0 Å². The lowest BCUT2D eigenvalue weighted by atomic mass is 10.2. The van der Waals surface area contributed by atoms with Gasteiger partial charge in [-0.05, 0) is 30.3 Å². The molecule has 0 aliphatic rings. The van der Waals surface area contributed by atoms with Crippen molar-refractivity contribution in [2.24, 2.45) is 0 Å². The number of esters is 1. The molecule has 26 heavy (non-hydrogen) atoms. The highest BCUT2D eigenvalue weighted by atomic mass is 35.5. The van der Waals surface area contributed by atoms with E-state index in [1.54, 1.807) is 12.1 Å². The van der Waals surface area contributed by atoms with Crippen molar-refractivity contribution >= 4 is 27.4 Å². The number of carbonyl (C=O) groups excluding carboxylic acids is 1. The number of aromatic nitrogens is 2. The normalized spacial score (nSPS) is 11.3. The molecule has 0 radical (unpaired) electrons. The summed E-state index contributed by atoms with van der Waals surface area (Å²) in [5.74, 6) is -0.388. The maximum Gasteiger partial charge on any atom is 0.340 e. The van der Waals surface area contributed by atoms with Gasteiger partial charge in [-0.15, -0.1) is 10.2 Å². The lowest BCUT2D eigenvalue weighted by molar-refractivity contribution is 0.0438. The van der Waals surface area contributed by atoms with Crippen molar-refractivity contribution in [3.8, 4) is 11.5 Å². The van der Waals surface area contributed by atoms with Crippen molar-refractivity contribution in [2.75, 3.05) is 6.26 Å². The summed E-state index contributed by atoms with van der Waals surface area (Å²) in [4.78, 5) is 12.2. The van der Waals surface area contributed by atoms with E-state index < -0.39 is 15.8 Å². The van der Waals surface area contributed by atoms with Gasteiger partial charge in [-0.3, -0.25) is 0 Å². The van der Waals surface area contributed by atoms with Crippen LogP contribution in [-0.4, -0.2) is 30.8 Å². The monoisotopic (exact) mass is 392 g/mol. The summed E-state index contributed by atoms with van der Waals surface area (Å²) in [5.41, 5.74) is 0.680. The van der Waals surface area contributed by atoms with E-state index in [1.807, 2.05) is 18.2 Å². The molecule has 0 saturated heterocycles. The largest absolute Gasteiger partial charge is 0.452 e. The summed E-state index contributed by atoms with van der Waals surface area (Å²) < 4.78 is 33.7. The molecule has 1 heterocycles. The average Bonchev–Trinajstić information content (AvgIpc) is 3.09. The van der Waals surface area contributed by atoms with Crippen molar-refractivity contribution in [3.05, 3.63) is 65.0 Å². The lowest BCUT2D eigenvalue weighted by Gasteiger charge is -2.06. The van der Waals surface area contributed by atoms with Gasteiger partial charge in [0.2, 0.25) is 5.89 Å². The molecule has 0 unspecified atom stereocenters. The van der Waals surface area contributed by atoms with E-state index in [0.29, 0.717) is 5.89 Å². The summed E-state index contributed by atoms with van der Waals surface area (Å²) in [7, 11) is -3.48. The number of halogens is 1. The Kier molecular flexibility index (Phi) is 5.06. The van der Waals surface area contributed by atoms with Gasteiger partial charge in [0.1, 0.15) is 0 Å². The van der Waals surface area contributed by atoms with Crippen molar-refractivity contribution < 1.29 is 22.4 Å². The Bertz CT molecular complexity index is 1050. The van der Waals surface area contributed by atoms with E-state index in [1.165, 1.54) is 18.2 Å². The molecule has 134 valence electrons. The fourth-order valence-corrected chi connectivity index (χ4v) is 2.95. The average molecular weight is 393 g/mol. The molecule has 2 aromatic carbocycles. The quantitative estimate of drug-likeness (QED) is 0.615. The van der Waals surface area contributed by atoms with Crippen LogP contribution in [0.25, 0.3) is 11.5 Å². The lowest BCUT2D eigenvalue weighted by Crippen LogP contribution is -2.08. The van der Waals surface area contributed by atoms with Gasteiger partial charge in [0.25, 0.3) is 5.89 Å². The zero-order valence-corrected chi connectivity index (χ0v) is 15.1. The molecule has 0 aliphatic carbocycles. The number of hydrogen-bond donors (Lipinski definition) is 0. The third-order valence-electron chi connectivity index (χ3n) is 3.40. The number of sulfone groups is 1. The smallest absolute Gasteiger partial charge is 0.340 e. The standard InChI is InChI=1S/C17H13ClN2O5S/c1-26(22,23)12-7-8-14(18)13(9-12)17(21)24-10-15-19-20-16(25-15)11-5-3-2-4-6-11/h2-9H,10H2,1H3. The van der Waals surface area contributed by atoms with Gasteiger partial charge in [0.05, 0.1) is 15.5 Å². The Morgan fingerprint density at radius 2 is 1.88 bits per heavy atom. The maximum absolute atomic E-state index is 12.2. The first-order valence-electron chi connectivity index (χ1n) is 7.39. The van der Waals surface area contributed by atoms with Crippen LogP contribution in [0.1, 0.15) is 16.2 Å². The van der Waals surface area contributed by atoms with Crippen LogP contribution in [0.4, 0.5) is 0 Å². The number of benzene rings is 2. The van der Waals surface area contributed by atoms with E-state index in [-0.39, 0.29) is 28.0 Å². The molecule has 7 nitrogen and oxygen atoms in total. The van der Waals surface area contributed by atoms with Crippen LogP contribution in [-0.2, 0) is 21.2 Å². The summed E-state index contributed by atoms with van der Waals surface area (Å²) in [5, 5.41) is 7.78. The maximum atomic E-state index is 12.2. The summed E-state index contributed by atoms with van der Waals surface area (Å²) in [6.45, 7) is -0.266. The van der Waals surface area contributed by atoms with Crippen molar-refractivity contribution in [3.63, 3.8) is 0 Å². The third kappa shape index (κ3) is 4.09. The first-order chi connectivity index (χ1) is 12.3. The van der Waals surface area contributed by atoms with Crippen LogP contribution in [0.2, 0.25) is 5.02 Å². The summed E-state index contributed by atoms with van der Waals surface area (Å²) in [6.07, 6.45) is 1.04. The second kappa shape index (κ2) is 7.27. The SMILES string of the molecule is CS(=O)(=O)c1ccc(Cl)c(C(=O)OCc2nnc(-c3ccccc3)o2)c1. The first kappa shape index (κ1) is 18.1. The van der Waals surface area contributed by atoms with Crippen LogP contribution in [0.5, 0.6) is 0 Å². The summed E-state index contributed by atoms with van der Waals surface area (Å²) in [6, 6.07) is 12.9. The zero-order chi connectivity index (χ0) is 18.7. The number of rotatable bonds is 5. The molecule has 0 N–H and O–H groups in total. The van der Waals surface area contributed by atoms with Gasteiger partial charge in [-0.1, -0.05) is 29.8 Å². The predicted molar refractivity (Wildman–Crippen MR) is 93.4 cm³/mol. The van der Waals surface area contributed by atoms with E-state index >= 15 is 0 Å². The predicted octanol–water partition coefficient (Wildman–Crippen LogP) is 3.15. The molecule has 0 fully saturated rings. The van der Waals surface area contributed by atoms with E-state index in [0.717, 1.165) is 11.8 Å². The van der Waals surface area contributed by atoms with Crippen LogP contribution in [0.15, 0.2) is 57.8 Å². The zero-order valence-electron chi connectivity index (χ0n) is 13.5. The van der Waals surface area contributed by atoms with Gasteiger partial charge in [0, 0.05) is 11.8 Å². The molecule has 3 aromatic rings. The molecule has 0 amide bonds. The van der Waals surface area contributed by atoms with E-state index in [2.05, 4.69) is 10.2 Å². The molecule has 0 bridgehead atoms. The van der Waals surface area contributed by atoms with Crippen LogP contribution in [0, 0.1) is 0 Å². The van der Waals surface area contributed by atoms with Crippen molar-refractivity contribution in [2.45, 2.75) is 11.5 Å². The summed E-state index contributed by atoms with van der Waals surface area (Å²) >= 11 is 5.96. The Balaban J connectivity index is 1.73. The highest BCUT2D eigenvalue weighted by Gasteiger charge is 2.18. The van der Waals surface area contributed by atoms with Crippen molar-refractivity contribution in [1.82, 2.24) is 10.2 Å².